The van der Waals surface area contributed by atoms with Gasteiger partial charge in [0.15, 0.2) is 5.89 Å². The predicted molar refractivity (Wildman–Crippen MR) is 51.1 cm³/mol. The van der Waals surface area contributed by atoms with Crippen LogP contribution in [0.1, 0.15) is 31.2 Å². The molecule has 1 rings (SSSR count). The molecule has 4 heteroatoms. The van der Waals surface area contributed by atoms with E-state index in [-0.39, 0.29) is 6.42 Å². The van der Waals surface area contributed by atoms with Gasteiger partial charge >= 0.3 is 5.97 Å². The average molecular weight is 197 g/mol. The van der Waals surface area contributed by atoms with Gasteiger partial charge in [0, 0.05) is 6.42 Å². The zero-order valence-electron chi connectivity index (χ0n) is 8.70. The lowest BCUT2D eigenvalue weighted by Crippen LogP contribution is -1.99. The van der Waals surface area contributed by atoms with Crippen LogP contribution in [0.5, 0.6) is 0 Å². The molecule has 1 aromatic heterocycles. The Morgan fingerprint density at radius 2 is 2.21 bits per heavy atom. The summed E-state index contributed by atoms with van der Waals surface area (Å²) < 4.78 is 5.34. The first-order valence-electron chi connectivity index (χ1n) is 4.66. The Morgan fingerprint density at radius 1 is 1.57 bits per heavy atom. The molecule has 0 atom stereocenters. The van der Waals surface area contributed by atoms with E-state index in [1.165, 1.54) is 0 Å². The van der Waals surface area contributed by atoms with Crippen molar-refractivity contribution in [2.24, 2.45) is 5.92 Å². The van der Waals surface area contributed by atoms with Gasteiger partial charge in [-0.25, -0.2) is 4.98 Å². The van der Waals surface area contributed by atoms with Crippen molar-refractivity contribution < 1.29 is 14.3 Å². The van der Waals surface area contributed by atoms with Gasteiger partial charge in [-0.05, 0) is 12.8 Å². The van der Waals surface area contributed by atoms with E-state index in [1.807, 2.05) is 0 Å². The molecule has 1 heterocycles. The second-order valence-electron chi connectivity index (χ2n) is 3.78. The molecule has 0 fully saturated rings. The van der Waals surface area contributed by atoms with Crippen molar-refractivity contribution in [1.29, 1.82) is 0 Å². The number of hydrogen-bond donors (Lipinski definition) is 1. The standard InChI is InChI=1S/C10H15NO3/c1-6(2)4-9-11-7(3)8(14-9)5-10(12)13/h6H,4-5H2,1-3H3,(H,12,13). The summed E-state index contributed by atoms with van der Waals surface area (Å²) in [6.45, 7) is 5.90. The van der Waals surface area contributed by atoms with Crippen LogP contribution in [0.15, 0.2) is 4.42 Å². The molecule has 0 aliphatic heterocycles. The van der Waals surface area contributed by atoms with Gasteiger partial charge in [-0.15, -0.1) is 0 Å². The summed E-state index contributed by atoms with van der Waals surface area (Å²) in [7, 11) is 0. The van der Waals surface area contributed by atoms with Gasteiger partial charge < -0.3 is 9.52 Å². The number of aromatic nitrogens is 1. The van der Waals surface area contributed by atoms with Crippen molar-refractivity contribution in [2.75, 3.05) is 0 Å². The Labute approximate surface area is 83.0 Å². The fourth-order valence-corrected chi connectivity index (χ4v) is 1.23. The summed E-state index contributed by atoms with van der Waals surface area (Å²) in [6.07, 6.45) is 0.664. The van der Waals surface area contributed by atoms with Gasteiger partial charge in [0.1, 0.15) is 12.2 Å². The smallest absolute Gasteiger partial charge is 0.311 e. The van der Waals surface area contributed by atoms with E-state index in [2.05, 4.69) is 18.8 Å². The molecule has 0 saturated carbocycles. The minimum absolute atomic E-state index is 0.0864. The molecule has 14 heavy (non-hydrogen) atoms. The third-order valence-corrected chi connectivity index (χ3v) is 1.83. The van der Waals surface area contributed by atoms with Gasteiger partial charge in [-0.3, -0.25) is 4.79 Å². The first-order valence-corrected chi connectivity index (χ1v) is 4.66. The van der Waals surface area contributed by atoms with E-state index in [0.29, 0.717) is 23.3 Å². The molecule has 0 saturated heterocycles. The highest BCUT2D eigenvalue weighted by Gasteiger charge is 2.13. The summed E-state index contributed by atoms with van der Waals surface area (Å²) in [5.41, 5.74) is 0.683. The van der Waals surface area contributed by atoms with E-state index in [0.717, 1.165) is 6.42 Å². The Balaban J connectivity index is 2.76. The summed E-state index contributed by atoms with van der Waals surface area (Å²) >= 11 is 0. The maximum absolute atomic E-state index is 10.5. The summed E-state index contributed by atoms with van der Waals surface area (Å²) in [5, 5.41) is 8.59. The third-order valence-electron chi connectivity index (χ3n) is 1.83. The van der Waals surface area contributed by atoms with Crippen LogP contribution >= 0.6 is 0 Å². The van der Waals surface area contributed by atoms with Gasteiger partial charge in [0.25, 0.3) is 0 Å². The molecule has 0 spiro atoms. The maximum atomic E-state index is 10.5. The fraction of sp³-hybridized carbons (Fsp3) is 0.600. The average Bonchev–Trinajstić information content (AvgIpc) is 2.28. The molecule has 0 aromatic carbocycles. The molecular formula is C10H15NO3. The van der Waals surface area contributed by atoms with Crippen molar-refractivity contribution in [3.8, 4) is 0 Å². The van der Waals surface area contributed by atoms with E-state index in [9.17, 15) is 4.79 Å². The largest absolute Gasteiger partial charge is 0.481 e. The zero-order valence-corrected chi connectivity index (χ0v) is 8.70. The monoisotopic (exact) mass is 197 g/mol. The van der Waals surface area contributed by atoms with Crippen molar-refractivity contribution in [2.45, 2.75) is 33.6 Å². The molecule has 0 aliphatic rings. The highest BCUT2D eigenvalue weighted by molar-refractivity contribution is 5.69. The summed E-state index contributed by atoms with van der Waals surface area (Å²) in [6, 6.07) is 0. The molecule has 0 amide bonds. The van der Waals surface area contributed by atoms with E-state index in [1.54, 1.807) is 6.92 Å². The molecule has 1 N–H and O–H groups in total. The second-order valence-corrected chi connectivity index (χ2v) is 3.78. The SMILES string of the molecule is Cc1nc(CC(C)C)oc1CC(=O)O. The summed E-state index contributed by atoms with van der Waals surface area (Å²) in [4.78, 5) is 14.6. The van der Waals surface area contributed by atoms with Crippen LogP contribution < -0.4 is 0 Å². The zero-order chi connectivity index (χ0) is 10.7. The third kappa shape index (κ3) is 2.87. The quantitative estimate of drug-likeness (QED) is 0.799. The van der Waals surface area contributed by atoms with Crippen LogP contribution in [0.25, 0.3) is 0 Å². The molecule has 0 bridgehead atoms. The van der Waals surface area contributed by atoms with Crippen molar-refractivity contribution in [3.63, 3.8) is 0 Å². The van der Waals surface area contributed by atoms with Crippen LogP contribution in [0.4, 0.5) is 0 Å². The number of aryl methyl sites for hydroxylation is 1. The normalized spacial score (nSPS) is 10.9. The first kappa shape index (κ1) is 10.8. The lowest BCUT2D eigenvalue weighted by Gasteiger charge is -1.97. The Morgan fingerprint density at radius 3 is 2.71 bits per heavy atom. The van der Waals surface area contributed by atoms with Gasteiger partial charge in [0.2, 0.25) is 0 Å². The first-order chi connectivity index (χ1) is 6.49. The minimum Gasteiger partial charge on any atom is -0.481 e. The number of hydrogen-bond acceptors (Lipinski definition) is 3. The van der Waals surface area contributed by atoms with Crippen LogP contribution in [-0.4, -0.2) is 16.1 Å². The maximum Gasteiger partial charge on any atom is 0.311 e. The lowest BCUT2D eigenvalue weighted by atomic mass is 10.1. The lowest BCUT2D eigenvalue weighted by molar-refractivity contribution is -0.136. The number of nitrogens with zero attached hydrogens (tertiary/aromatic N) is 1. The predicted octanol–water partition coefficient (Wildman–Crippen LogP) is 1.81. The highest BCUT2D eigenvalue weighted by atomic mass is 16.4. The number of aliphatic carboxylic acids is 1. The number of carbonyl (C=O) groups is 1. The minimum atomic E-state index is -0.889. The molecule has 0 aliphatic carbocycles. The van der Waals surface area contributed by atoms with Crippen LogP contribution in [0.2, 0.25) is 0 Å². The van der Waals surface area contributed by atoms with Gasteiger partial charge in [-0.2, -0.15) is 0 Å². The molecule has 1 aromatic rings. The number of carboxylic acid groups (broad SMARTS) is 1. The Kier molecular flexibility index (Phi) is 3.28. The number of rotatable bonds is 4. The van der Waals surface area contributed by atoms with Gasteiger partial charge in [0.05, 0.1) is 5.69 Å². The topological polar surface area (TPSA) is 63.3 Å². The molecule has 78 valence electrons. The fourth-order valence-electron chi connectivity index (χ4n) is 1.23. The second kappa shape index (κ2) is 4.26. The number of carboxylic acids is 1. The Bertz CT molecular complexity index is 328. The van der Waals surface area contributed by atoms with Gasteiger partial charge in [-0.1, -0.05) is 13.8 Å². The highest BCUT2D eigenvalue weighted by Crippen LogP contribution is 2.14. The van der Waals surface area contributed by atoms with E-state index < -0.39 is 5.97 Å². The van der Waals surface area contributed by atoms with Crippen molar-refractivity contribution >= 4 is 5.97 Å². The number of oxazole rings is 1. The summed E-state index contributed by atoms with van der Waals surface area (Å²) in [5.74, 6) is 0.674. The van der Waals surface area contributed by atoms with E-state index >= 15 is 0 Å². The van der Waals surface area contributed by atoms with E-state index in [4.69, 9.17) is 9.52 Å². The molecule has 0 radical (unpaired) electrons. The van der Waals surface area contributed by atoms with Crippen molar-refractivity contribution in [1.82, 2.24) is 4.98 Å². The van der Waals surface area contributed by atoms with Crippen LogP contribution in [0, 0.1) is 12.8 Å². The van der Waals surface area contributed by atoms with Crippen LogP contribution in [0.3, 0.4) is 0 Å². The Hall–Kier alpha value is -1.32. The van der Waals surface area contributed by atoms with Crippen molar-refractivity contribution in [3.05, 3.63) is 17.3 Å². The molecule has 0 unspecified atom stereocenters. The molecular weight excluding hydrogens is 182 g/mol. The molecule has 4 nitrogen and oxygen atoms in total. The van der Waals surface area contributed by atoms with Crippen LogP contribution in [-0.2, 0) is 17.6 Å².